The van der Waals surface area contributed by atoms with Crippen molar-refractivity contribution in [1.82, 2.24) is 4.90 Å². The molecule has 18 heavy (non-hydrogen) atoms. The first kappa shape index (κ1) is 14.3. The van der Waals surface area contributed by atoms with Gasteiger partial charge < -0.3 is 9.47 Å². The molecular formula is C14H20N2O2. The molecule has 0 bridgehead atoms. The Balaban J connectivity index is 2.76. The SMILES string of the molecule is COc1ccc(CN(C)C(C)CC#N)cc1OC. The van der Waals surface area contributed by atoms with Gasteiger partial charge in [-0.05, 0) is 31.7 Å². The molecule has 0 aromatic heterocycles. The number of benzene rings is 1. The van der Waals surface area contributed by atoms with Gasteiger partial charge in [0.15, 0.2) is 11.5 Å². The zero-order valence-electron chi connectivity index (χ0n) is 11.4. The molecule has 0 saturated heterocycles. The summed E-state index contributed by atoms with van der Waals surface area (Å²) in [5.74, 6) is 1.46. The highest BCUT2D eigenvalue weighted by Gasteiger charge is 2.11. The molecule has 0 radical (unpaired) electrons. The third kappa shape index (κ3) is 3.64. The monoisotopic (exact) mass is 248 g/mol. The van der Waals surface area contributed by atoms with Gasteiger partial charge in [0.2, 0.25) is 0 Å². The Morgan fingerprint density at radius 1 is 1.28 bits per heavy atom. The maximum absolute atomic E-state index is 8.69. The van der Waals surface area contributed by atoms with Crippen molar-refractivity contribution >= 4 is 0 Å². The van der Waals surface area contributed by atoms with Crippen LogP contribution in [0.1, 0.15) is 18.9 Å². The van der Waals surface area contributed by atoms with Crippen LogP contribution in [-0.4, -0.2) is 32.2 Å². The second-order valence-electron chi connectivity index (χ2n) is 4.32. The van der Waals surface area contributed by atoms with Crippen molar-refractivity contribution in [2.45, 2.75) is 25.9 Å². The summed E-state index contributed by atoms with van der Waals surface area (Å²) in [7, 11) is 5.26. The molecule has 1 aromatic carbocycles. The summed E-state index contributed by atoms with van der Waals surface area (Å²) in [5.41, 5.74) is 1.14. The Labute approximate surface area is 109 Å². The van der Waals surface area contributed by atoms with Crippen LogP contribution in [0.15, 0.2) is 18.2 Å². The third-order valence-corrected chi connectivity index (χ3v) is 3.02. The van der Waals surface area contributed by atoms with Crippen molar-refractivity contribution in [1.29, 1.82) is 5.26 Å². The number of methoxy groups -OCH3 is 2. The summed E-state index contributed by atoms with van der Waals surface area (Å²) in [5, 5.41) is 8.69. The van der Waals surface area contributed by atoms with E-state index in [9.17, 15) is 0 Å². The molecule has 1 unspecified atom stereocenters. The third-order valence-electron chi connectivity index (χ3n) is 3.02. The van der Waals surface area contributed by atoms with Gasteiger partial charge in [0.25, 0.3) is 0 Å². The van der Waals surface area contributed by atoms with E-state index in [1.54, 1.807) is 14.2 Å². The largest absolute Gasteiger partial charge is 0.493 e. The Morgan fingerprint density at radius 3 is 2.50 bits per heavy atom. The van der Waals surface area contributed by atoms with Gasteiger partial charge in [-0.2, -0.15) is 5.26 Å². The van der Waals surface area contributed by atoms with Gasteiger partial charge in [0.1, 0.15) is 0 Å². The molecule has 1 rings (SSSR count). The molecule has 0 spiro atoms. The average Bonchev–Trinajstić information content (AvgIpc) is 2.38. The van der Waals surface area contributed by atoms with Gasteiger partial charge in [-0.1, -0.05) is 6.07 Å². The van der Waals surface area contributed by atoms with Crippen LogP contribution in [0.5, 0.6) is 11.5 Å². The lowest BCUT2D eigenvalue weighted by atomic mass is 10.1. The van der Waals surface area contributed by atoms with Gasteiger partial charge in [-0.15, -0.1) is 0 Å². The van der Waals surface area contributed by atoms with E-state index >= 15 is 0 Å². The first-order valence-electron chi connectivity index (χ1n) is 5.90. The molecule has 0 fully saturated rings. The van der Waals surface area contributed by atoms with Crippen LogP contribution in [0.25, 0.3) is 0 Å². The van der Waals surface area contributed by atoms with Gasteiger partial charge in [0, 0.05) is 12.6 Å². The summed E-state index contributed by atoms with van der Waals surface area (Å²) in [6.07, 6.45) is 0.532. The highest BCUT2D eigenvalue weighted by molar-refractivity contribution is 5.42. The Bertz CT molecular complexity index is 426. The predicted octanol–water partition coefficient (Wildman–Crippen LogP) is 2.44. The molecule has 4 heteroatoms. The molecule has 0 amide bonds. The molecule has 1 aromatic rings. The minimum Gasteiger partial charge on any atom is -0.493 e. The predicted molar refractivity (Wildman–Crippen MR) is 70.7 cm³/mol. The van der Waals surface area contributed by atoms with Gasteiger partial charge in [0.05, 0.1) is 26.7 Å². The zero-order valence-corrected chi connectivity index (χ0v) is 11.4. The summed E-state index contributed by atoms with van der Waals surface area (Å²) in [6, 6.07) is 8.30. The standard InChI is InChI=1S/C14H20N2O2/c1-11(7-8-15)16(2)10-12-5-6-13(17-3)14(9-12)18-4/h5-6,9,11H,7,10H2,1-4H3. The van der Waals surface area contributed by atoms with Crippen molar-refractivity contribution in [3.05, 3.63) is 23.8 Å². The quantitative estimate of drug-likeness (QED) is 0.775. The number of nitriles is 1. The van der Waals surface area contributed by atoms with Crippen molar-refractivity contribution in [3.8, 4) is 17.6 Å². The van der Waals surface area contributed by atoms with Crippen molar-refractivity contribution in [2.24, 2.45) is 0 Å². The number of ether oxygens (including phenoxy) is 2. The Morgan fingerprint density at radius 2 is 1.94 bits per heavy atom. The molecule has 4 nitrogen and oxygen atoms in total. The van der Waals surface area contributed by atoms with Crippen molar-refractivity contribution in [2.75, 3.05) is 21.3 Å². The van der Waals surface area contributed by atoms with E-state index in [4.69, 9.17) is 14.7 Å². The molecule has 98 valence electrons. The summed E-state index contributed by atoms with van der Waals surface area (Å²) < 4.78 is 10.5. The summed E-state index contributed by atoms with van der Waals surface area (Å²) in [4.78, 5) is 2.14. The Hall–Kier alpha value is -1.73. The van der Waals surface area contributed by atoms with E-state index in [2.05, 4.69) is 11.0 Å². The second kappa shape index (κ2) is 6.87. The van der Waals surface area contributed by atoms with Gasteiger partial charge in [-0.25, -0.2) is 0 Å². The molecule has 1 atom stereocenters. The Kier molecular flexibility index (Phi) is 5.47. The van der Waals surface area contributed by atoms with E-state index in [-0.39, 0.29) is 6.04 Å². The molecule has 0 aliphatic carbocycles. The fourth-order valence-corrected chi connectivity index (χ4v) is 1.71. The highest BCUT2D eigenvalue weighted by atomic mass is 16.5. The molecule has 0 saturated carbocycles. The first-order valence-corrected chi connectivity index (χ1v) is 5.90. The maximum Gasteiger partial charge on any atom is 0.161 e. The number of rotatable bonds is 6. The van der Waals surface area contributed by atoms with Gasteiger partial charge >= 0.3 is 0 Å². The van der Waals surface area contributed by atoms with E-state index in [1.807, 2.05) is 32.2 Å². The van der Waals surface area contributed by atoms with Crippen molar-refractivity contribution in [3.63, 3.8) is 0 Å². The first-order chi connectivity index (χ1) is 8.62. The van der Waals surface area contributed by atoms with Crippen molar-refractivity contribution < 1.29 is 9.47 Å². The van der Waals surface area contributed by atoms with Crippen LogP contribution in [0.2, 0.25) is 0 Å². The molecule has 0 heterocycles. The fourth-order valence-electron chi connectivity index (χ4n) is 1.71. The smallest absolute Gasteiger partial charge is 0.161 e. The second-order valence-corrected chi connectivity index (χ2v) is 4.32. The van der Waals surface area contributed by atoms with E-state index in [1.165, 1.54) is 0 Å². The van der Waals surface area contributed by atoms with Crippen LogP contribution in [0, 0.1) is 11.3 Å². The highest BCUT2D eigenvalue weighted by Crippen LogP contribution is 2.28. The van der Waals surface area contributed by atoms with Crippen LogP contribution >= 0.6 is 0 Å². The normalized spacial score (nSPS) is 12.0. The zero-order chi connectivity index (χ0) is 13.5. The number of nitrogens with zero attached hydrogens (tertiary/aromatic N) is 2. The lowest BCUT2D eigenvalue weighted by Crippen LogP contribution is -2.28. The molecular weight excluding hydrogens is 228 g/mol. The lowest BCUT2D eigenvalue weighted by Gasteiger charge is -2.23. The molecule has 0 aliphatic rings. The fraction of sp³-hybridized carbons (Fsp3) is 0.500. The topological polar surface area (TPSA) is 45.5 Å². The van der Waals surface area contributed by atoms with E-state index in [0.717, 1.165) is 23.6 Å². The minimum atomic E-state index is 0.239. The number of hydrogen-bond acceptors (Lipinski definition) is 4. The lowest BCUT2D eigenvalue weighted by molar-refractivity contribution is 0.252. The van der Waals surface area contributed by atoms with E-state index in [0.29, 0.717) is 6.42 Å². The van der Waals surface area contributed by atoms with E-state index < -0.39 is 0 Å². The summed E-state index contributed by atoms with van der Waals surface area (Å²) in [6.45, 7) is 2.83. The maximum atomic E-state index is 8.69. The number of hydrogen-bond donors (Lipinski definition) is 0. The van der Waals surface area contributed by atoms with Crippen LogP contribution in [0.4, 0.5) is 0 Å². The van der Waals surface area contributed by atoms with Crippen LogP contribution in [-0.2, 0) is 6.54 Å². The van der Waals surface area contributed by atoms with Crippen LogP contribution < -0.4 is 9.47 Å². The van der Waals surface area contributed by atoms with Gasteiger partial charge in [-0.3, -0.25) is 4.90 Å². The molecule has 0 aliphatic heterocycles. The molecule has 0 N–H and O–H groups in total. The van der Waals surface area contributed by atoms with Crippen LogP contribution in [0.3, 0.4) is 0 Å². The minimum absolute atomic E-state index is 0.239. The summed E-state index contributed by atoms with van der Waals surface area (Å²) >= 11 is 0. The average molecular weight is 248 g/mol.